The Morgan fingerprint density at radius 1 is 1.27 bits per heavy atom. The van der Waals surface area contributed by atoms with Crippen LogP contribution in [0.4, 0.5) is 5.69 Å². The average Bonchev–Trinajstić information content (AvgIpc) is 2.54. The molecule has 22 heavy (non-hydrogen) atoms. The van der Waals surface area contributed by atoms with Gasteiger partial charge in [-0.05, 0) is 55.6 Å². The Morgan fingerprint density at radius 3 is 2.50 bits per heavy atom. The van der Waals surface area contributed by atoms with Gasteiger partial charge >= 0.3 is 0 Å². The highest BCUT2D eigenvalue weighted by Crippen LogP contribution is 2.27. The number of nitro benzene ring substituents is 1. The molecule has 0 aromatic heterocycles. The second-order valence-corrected chi connectivity index (χ2v) is 5.94. The Labute approximate surface area is 129 Å². The van der Waals surface area contributed by atoms with Gasteiger partial charge in [0.05, 0.1) is 4.92 Å². The number of piperidine rings is 3. The van der Waals surface area contributed by atoms with Gasteiger partial charge in [-0.3, -0.25) is 14.9 Å². The second kappa shape index (κ2) is 6.27. The molecule has 3 heterocycles. The minimum atomic E-state index is -0.437. The van der Waals surface area contributed by atoms with Crippen LogP contribution in [-0.2, 0) is 4.79 Å². The number of non-ortho nitro benzene ring substituents is 1. The first-order chi connectivity index (χ1) is 10.6. The lowest BCUT2D eigenvalue weighted by molar-refractivity contribution is -0.384. The summed E-state index contributed by atoms with van der Waals surface area (Å²) < 4.78 is 0. The van der Waals surface area contributed by atoms with Crippen molar-refractivity contribution in [3.63, 3.8) is 0 Å². The second-order valence-electron chi connectivity index (χ2n) is 5.94. The SMILES string of the molecule is O=C(/C=C/c1ccc([N+](=O)[O-])cc1)N[C@H]1CN2CCC1CC2. The van der Waals surface area contributed by atoms with Gasteiger partial charge in [-0.25, -0.2) is 0 Å². The molecule has 0 radical (unpaired) electrons. The quantitative estimate of drug-likeness (QED) is 0.523. The first kappa shape index (κ1) is 14.7. The van der Waals surface area contributed by atoms with E-state index >= 15 is 0 Å². The molecule has 6 heteroatoms. The summed E-state index contributed by atoms with van der Waals surface area (Å²) in [5.41, 5.74) is 0.823. The van der Waals surface area contributed by atoms with Crippen molar-refractivity contribution >= 4 is 17.7 Å². The van der Waals surface area contributed by atoms with Gasteiger partial charge in [-0.1, -0.05) is 0 Å². The summed E-state index contributed by atoms with van der Waals surface area (Å²) in [4.78, 5) is 24.6. The van der Waals surface area contributed by atoms with E-state index < -0.39 is 4.92 Å². The summed E-state index contributed by atoms with van der Waals surface area (Å²) in [6, 6.07) is 6.39. The maximum absolute atomic E-state index is 12.0. The molecule has 3 fully saturated rings. The van der Waals surface area contributed by atoms with E-state index in [-0.39, 0.29) is 17.6 Å². The number of carbonyl (C=O) groups is 1. The topological polar surface area (TPSA) is 75.5 Å². The normalized spacial score (nSPS) is 27.0. The van der Waals surface area contributed by atoms with Crippen molar-refractivity contribution in [2.75, 3.05) is 19.6 Å². The first-order valence-corrected chi connectivity index (χ1v) is 7.57. The molecule has 0 aliphatic carbocycles. The fourth-order valence-electron chi connectivity index (χ4n) is 3.24. The van der Waals surface area contributed by atoms with E-state index in [1.807, 2.05) is 0 Å². The summed E-state index contributed by atoms with van der Waals surface area (Å²) in [5.74, 6) is 0.499. The number of fused-ring (bicyclic) bond motifs is 3. The van der Waals surface area contributed by atoms with E-state index in [0.717, 1.165) is 38.0 Å². The molecule has 116 valence electrons. The van der Waals surface area contributed by atoms with Crippen LogP contribution in [0.5, 0.6) is 0 Å². The van der Waals surface area contributed by atoms with Crippen molar-refractivity contribution in [2.45, 2.75) is 18.9 Å². The number of carbonyl (C=O) groups excluding carboxylic acids is 1. The smallest absolute Gasteiger partial charge is 0.269 e. The van der Waals surface area contributed by atoms with E-state index in [0.29, 0.717) is 5.92 Å². The highest BCUT2D eigenvalue weighted by Gasteiger charge is 2.34. The highest BCUT2D eigenvalue weighted by molar-refractivity contribution is 5.92. The molecule has 4 rings (SSSR count). The number of nitrogens with zero attached hydrogens (tertiary/aromatic N) is 2. The van der Waals surface area contributed by atoms with Gasteiger partial charge in [-0.2, -0.15) is 0 Å². The van der Waals surface area contributed by atoms with Crippen molar-refractivity contribution in [2.24, 2.45) is 5.92 Å². The Bertz CT molecular complexity index is 589. The fraction of sp³-hybridized carbons (Fsp3) is 0.438. The number of rotatable bonds is 4. The van der Waals surface area contributed by atoms with Gasteiger partial charge in [0, 0.05) is 30.8 Å². The summed E-state index contributed by atoms with van der Waals surface area (Å²) in [5, 5.41) is 13.7. The van der Waals surface area contributed by atoms with Crippen LogP contribution < -0.4 is 5.32 Å². The molecule has 0 saturated carbocycles. The van der Waals surface area contributed by atoms with Gasteiger partial charge in [0.15, 0.2) is 0 Å². The van der Waals surface area contributed by atoms with Crippen LogP contribution in [0.25, 0.3) is 6.08 Å². The van der Waals surface area contributed by atoms with Crippen LogP contribution in [0.2, 0.25) is 0 Å². The maximum atomic E-state index is 12.0. The maximum Gasteiger partial charge on any atom is 0.269 e. The van der Waals surface area contributed by atoms with Crippen molar-refractivity contribution in [3.8, 4) is 0 Å². The lowest BCUT2D eigenvalue weighted by Gasteiger charge is -2.44. The summed E-state index contributed by atoms with van der Waals surface area (Å²) >= 11 is 0. The summed E-state index contributed by atoms with van der Waals surface area (Å²) in [6.07, 6.45) is 5.51. The lowest BCUT2D eigenvalue weighted by atomic mass is 9.84. The van der Waals surface area contributed by atoms with Crippen molar-refractivity contribution in [3.05, 3.63) is 46.0 Å². The molecular weight excluding hydrogens is 282 g/mol. The van der Waals surface area contributed by atoms with E-state index in [1.54, 1.807) is 18.2 Å². The number of benzene rings is 1. The van der Waals surface area contributed by atoms with Gasteiger partial charge in [-0.15, -0.1) is 0 Å². The average molecular weight is 301 g/mol. The molecule has 3 saturated heterocycles. The standard InChI is InChI=1S/C16H19N3O3/c20-16(17-15-11-18-9-7-13(15)8-10-18)6-3-12-1-4-14(5-2-12)19(21)22/h1-6,13,15H,7-11H2,(H,17,20)/b6-3+/t15-/m0/s1. The van der Waals surface area contributed by atoms with E-state index in [9.17, 15) is 14.9 Å². The number of hydrogen-bond donors (Lipinski definition) is 1. The Morgan fingerprint density at radius 2 is 1.95 bits per heavy atom. The van der Waals surface area contributed by atoms with Crippen LogP contribution >= 0.6 is 0 Å². The molecular formula is C16H19N3O3. The molecule has 3 aliphatic rings. The van der Waals surface area contributed by atoms with Gasteiger partial charge in [0.1, 0.15) is 0 Å². The fourth-order valence-corrected chi connectivity index (χ4v) is 3.24. The first-order valence-electron chi connectivity index (χ1n) is 7.57. The predicted molar refractivity (Wildman–Crippen MR) is 83.2 cm³/mol. The third kappa shape index (κ3) is 3.33. The number of nitrogens with one attached hydrogen (secondary N) is 1. The third-order valence-corrected chi connectivity index (χ3v) is 4.51. The predicted octanol–water partition coefficient (Wildman–Crippen LogP) is 1.82. The van der Waals surface area contributed by atoms with Crippen LogP contribution in [0.1, 0.15) is 18.4 Å². The molecule has 1 amide bonds. The Balaban J connectivity index is 1.56. The third-order valence-electron chi connectivity index (χ3n) is 4.51. The van der Waals surface area contributed by atoms with Gasteiger partial charge < -0.3 is 10.2 Å². The molecule has 1 atom stereocenters. The molecule has 0 unspecified atom stereocenters. The zero-order chi connectivity index (χ0) is 15.5. The minimum Gasteiger partial charge on any atom is -0.348 e. The lowest BCUT2D eigenvalue weighted by Crippen LogP contribution is -2.57. The van der Waals surface area contributed by atoms with Crippen LogP contribution in [0.3, 0.4) is 0 Å². The zero-order valence-electron chi connectivity index (χ0n) is 12.3. The van der Waals surface area contributed by atoms with Crippen molar-refractivity contribution in [1.29, 1.82) is 0 Å². The monoisotopic (exact) mass is 301 g/mol. The van der Waals surface area contributed by atoms with Gasteiger partial charge in [0.25, 0.3) is 5.69 Å². The molecule has 0 spiro atoms. The molecule has 1 N–H and O–H groups in total. The van der Waals surface area contributed by atoms with Crippen LogP contribution in [-0.4, -0.2) is 41.4 Å². The van der Waals surface area contributed by atoms with Crippen molar-refractivity contribution in [1.82, 2.24) is 10.2 Å². The Kier molecular flexibility index (Phi) is 4.20. The molecule has 2 bridgehead atoms. The zero-order valence-corrected chi connectivity index (χ0v) is 12.3. The van der Waals surface area contributed by atoms with E-state index in [2.05, 4.69) is 10.2 Å². The molecule has 6 nitrogen and oxygen atoms in total. The van der Waals surface area contributed by atoms with Crippen molar-refractivity contribution < 1.29 is 9.72 Å². The number of hydrogen-bond acceptors (Lipinski definition) is 4. The molecule has 1 aromatic carbocycles. The molecule has 1 aromatic rings. The minimum absolute atomic E-state index is 0.0499. The summed E-state index contributed by atoms with van der Waals surface area (Å²) in [6.45, 7) is 3.24. The summed E-state index contributed by atoms with van der Waals surface area (Å²) in [7, 11) is 0. The van der Waals surface area contributed by atoms with Gasteiger partial charge in [0.2, 0.25) is 5.91 Å². The van der Waals surface area contributed by atoms with E-state index in [4.69, 9.17) is 0 Å². The highest BCUT2D eigenvalue weighted by atomic mass is 16.6. The number of amides is 1. The van der Waals surface area contributed by atoms with Crippen LogP contribution in [0, 0.1) is 16.0 Å². The molecule has 3 aliphatic heterocycles. The number of nitro groups is 1. The van der Waals surface area contributed by atoms with E-state index in [1.165, 1.54) is 18.2 Å². The van der Waals surface area contributed by atoms with Crippen LogP contribution in [0.15, 0.2) is 30.3 Å². The largest absolute Gasteiger partial charge is 0.348 e. The Hall–Kier alpha value is -2.21.